The van der Waals surface area contributed by atoms with Gasteiger partial charge in [0.1, 0.15) is 5.75 Å². The molecular formula is C23H17ClN2O3. The second kappa shape index (κ2) is 6.42. The van der Waals surface area contributed by atoms with Crippen molar-refractivity contribution >= 4 is 17.3 Å². The average molecular weight is 405 g/mol. The molecule has 0 saturated carbocycles. The second-order valence-corrected chi connectivity index (χ2v) is 7.71. The van der Waals surface area contributed by atoms with Crippen molar-refractivity contribution in [3.63, 3.8) is 0 Å². The zero-order valence-corrected chi connectivity index (χ0v) is 16.2. The van der Waals surface area contributed by atoms with Crippen LogP contribution in [0.5, 0.6) is 17.2 Å². The molecule has 0 aliphatic carbocycles. The number of ether oxygens (including phenoxy) is 3. The molecule has 0 saturated heterocycles. The third kappa shape index (κ3) is 2.73. The highest BCUT2D eigenvalue weighted by Gasteiger charge is 2.41. The van der Waals surface area contributed by atoms with E-state index in [-0.39, 0.29) is 19.1 Å². The Hall–Kier alpha value is -3.18. The molecule has 2 atom stereocenters. The minimum absolute atomic E-state index is 0.0584. The lowest BCUT2D eigenvalue weighted by molar-refractivity contribution is -0.0191. The van der Waals surface area contributed by atoms with Gasteiger partial charge in [0.2, 0.25) is 13.0 Å². The maximum atomic E-state index is 6.39. The van der Waals surface area contributed by atoms with Gasteiger partial charge in [0.05, 0.1) is 11.8 Å². The zero-order chi connectivity index (χ0) is 19.4. The van der Waals surface area contributed by atoms with Gasteiger partial charge in [-0.1, -0.05) is 41.9 Å². The van der Waals surface area contributed by atoms with Crippen LogP contribution in [-0.2, 0) is 0 Å². The molecule has 3 aromatic rings. The number of halogens is 1. The molecule has 3 aromatic carbocycles. The van der Waals surface area contributed by atoms with Gasteiger partial charge in [0, 0.05) is 22.6 Å². The molecule has 6 heteroatoms. The summed E-state index contributed by atoms with van der Waals surface area (Å²) in [7, 11) is 0. The maximum Gasteiger partial charge on any atom is 0.231 e. The fourth-order valence-corrected chi connectivity index (χ4v) is 4.33. The summed E-state index contributed by atoms with van der Waals surface area (Å²) < 4.78 is 17.4. The molecule has 0 fully saturated rings. The minimum Gasteiger partial charge on any atom is -0.464 e. The van der Waals surface area contributed by atoms with E-state index in [2.05, 4.69) is 12.1 Å². The van der Waals surface area contributed by atoms with Gasteiger partial charge in [-0.05, 0) is 42.0 Å². The van der Waals surface area contributed by atoms with Gasteiger partial charge in [0.25, 0.3) is 0 Å². The van der Waals surface area contributed by atoms with Crippen LogP contribution in [0.25, 0.3) is 0 Å². The molecule has 3 heterocycles. The maximum absolute atomic E-state index is 6.39. The summed E-state index contributed by atoms with van der Waals surface area (Å²) in [5.74, 6) is 2.32. The largest absolute Gasteiger partial charge is 0.464 e. The van der Waals surface area contributed by atoms with Crippen LogP contribution < -0.4 is 14.2 Å². The fraction of sp³-hybridized carbons (Fsp3) is 0.174. The molecule has 0 radical (unpaired) electrons. The lowest BCUT2D eigenvalue weighted by atomic mass is 9.96. The van der Waals surface area contributed by atoms with Crippen LogP contribution >= 0.6 is 11.6 Å². The average Bonchev–Trinajstić information content (AvgIpc) is 3.41. The van der Waals surface area contributed by atoms with Gasteiger partial charge in [-0.25, -0.2) is 5.01 Å². The van der Waals surface area contributed by atoms with Gasteiger partial charge in [-0.3, -0.25) is 0 Å². The van der Waals surface area contributed by atoms with Crippen LogP contribution in [0.4, 0.5) is 0 Å². The van der Waals surface area contributed by atoms with E-state index in [4.69, 9.17) is 30.9 Å². The van der Waals surface area contributed by atoms with Crippen molar-refractivity contribution in [1.82, 2.24) is 5.01 Å². The Morgan fingerprint density at radius 1 is 0.897 bits per heavy atom. The number of rotatable bonds is 2. The van der Waals surface area contributed by atoms with Crippen molar-refractivity contribution in [3.8, 4) is 17.2 Å². The third-order valence-corrected chi connectivity index (χ3v) is 5.78. The molecule has 6 rings (SSSR count). The Bertz CT molecular complexity index is 1130. The van der Waals surface area contributed by atoms with Gasteiger partial charge in [-0.2, -0.15) is 5.10 Å². The van der Waals surface area contributed by atoms with Crippen molar-refractivity contribution in [3.05, 3.63) is 88.4 Å². The summed E-state index contributed by atoms with van der Waals surface area (Å²) >= 11 is 6.30. The first-order valence-electron chi connectivity index (χ1n) is 9.53. The Balaban J connectivity index is 1.46. The Kier molecular flexibility index (Phi) is 3.71. The summed E-state index contributed by atoms with van der Waals surface area (Å²) in [5.41, 5.74) is 4.19. The molecule has 5 nitrogen and oxygen atoms in total. The third-order valence-electron chi connectivity index (χ3n) is 5.54. The Labute approximate surface area is 173 Å². The van der Waals surface area contributed by atoms with E-state index in [1.165, 1.54) is 0 Å². The van der Waals surface area contributed by atoms with Crippen molar-refractivity contribution in [2.75, 3.05) is 6.79 Å². The highest BCUT2D eigenvalue weighted by Crippen LogP contribution is 2.49. The van der Waals surface area contributed by atoms with Crippen LogP contribution in [0.1, 0.15) is 35.4 Å². The van der Waals surface area contributed by atoms with Gasteiger partial charge in [0.15, 0.2) is 11.5 Å². The van der Waals surface area contributed by atoms with Gasteiger partial charge in [-0.15, -0.1) is 0 Å². The standard InChI is InChI=1S/C23H17ClN2O3/c24-16-7-9-20-17(11-16)19-12-18(14-4-2-1-3-5-14)25-26(19)23(29-20)15-6-8-21-22(10-15)28-13-27-21/h1-11,19,23H,12-13H2. The molecule has 144 valence electrons. The van der Waals surface area contributed by atoms with Crippen molar-refractivity contribution < 1.29 is 14.2 Å². The van der Waals surface area contributed by atoms with Crippen molar-refractivity contribution in [1.29, 1.82) is 0 Å². The number of nitrogens with zero attached hydrogens (tertiary/aromatic N) is 2. The second-order valence-electron chi connectivity index (χ2n) is 7.28. The Morgan fingerprint density at radius 2 is 1.72 bits per heavy atom. The smallest absolute Gasteiger partial charge is 0.231 e. The van der Waals surface area contributed by atoms with Crippen molar-refractivity contribution in [2.45, 2.75) is 18.7 Å². The summed E-state index contributed by atoms with van der Waals surface area (Å²) in [6.45, 7) is 0.244. The van der Waals surface area contributed by atoms with E-state index in [0.29, 0.717) is 5.02 Å². The van der Waals surface area contributed by atoms with Crippen LogP contribution in [0, 0.1) is 0 Å². The van der Waals surface area contributed by atoms with Crippen LogP contribution in [0.3, 0.4) is 0 Å². The predicted octanol–water partition coefficient (Wildman–Crippen LogP) is 5.31. The molecule has 2 unspecified atom stereocenters. The quantitative estimate of drug-likeness (QED) is 0.580. The van der Waals surface area contributed by atoms with Crippen LogP contribution in [-0.4, -0.2) is 17.5 Å². The number of benzene rings is 3. The number of hydrogen-bond acceptors (Lipinski definition) is 5. The summed E-state index contributed by atoms with van der Waals surface area (Å²) in [4.78, 5) is 0. The number of hydrazone groups is 1. The molecule has 0 aromatic heterocycles. The SMILES string of the molecule is Clc1ccc2c(c1)C1CC(c3ccccc3)=NN1C(c1ccc3c(c1)OCO3)O2. The monoisotopic (exact) mass is 404 g/mol. The van der Waals surface area contributed by atoms with Gasteiger partial charge < -0.3 is 14.2 Å². The van der Waals surface area contributed by atoms with Crippen molar-refractivity contribution in [2.24, 2.45) is 5.10 Å². The molecular weight excluding hydrogens is 388 g/mol. The lowest BCUT2D eigenvalue weighted by Gasteiger charge is -2.38. The molecule has 3 aliphatic rings. The Morgan fingerprint density at radius 3 is 2.62 bits per heavy atom. The first-order chi connectivity index (χ1) is 14.3. The van der Waals surface area contributed by atoms with Gasteiger partial charge >= 0.3 is 0 Å². The molecule has 0 amide bonds. The van der Waals surface area contributed by atoms with E-state index in [1.54, 1.807) is 0 Å². The van der Waals surface area contributed by atoms with E-state index < -0.39 is 0 Å². The van der Waals surface area contributed by atoms with E-state index in [9.17, 15) is 0 Å². The minimum atomic E-state index is -0.357. The lowest BCUT2D eigenvalue weighted by Crippen LogP contribution is -2.33. The molecule has 0 bridgehead atoms. The molecule has 3 aliphatic heterocycles. The topological polar surface area (TPSA) is 43.3 Å². The van der Waals surface area contributed by atoms with E-state index in [1.807, 2.05) is 59.6 Å². The predicted molar refractivity (Wildman–Crippen MR) is 110 cm³/mol. The molecule has 0 N–H and O–H groups in total. The summed E-state index contributed by atoms with van der Waals surface area (Å²) in [5, 5.41) is 7.71. The summed E-state index contributed by atoms with van der Waals surface area (Å²) in [6.07, 6.45) is 0.436. The van der Waals surface area contributed by atoms with E-state index >= 15 is 0 Å². The van der Waals surface area contributed by atoms with E-state index in [0.717, 1.165) is 46.1 Å². The number of fused-ring (bicyclic) bond motifs is 4. The summed E-state index contributed by atoms with van der Waals surface area (Å²) in [6, 6.07) is 22.0. The number of hydrogen-bond donors (Lipinski definition) is 0. The molecule has 29 heavy (non-hydrogen) atoms. The highest BCUT2D eigenvalue weighted by atomic mass is 35.5. The first kappa shape index (κ1) is 16.7. The fourth-order valence-electron chi connectivity index (χ4n) is 4.15. The van der Waals surface area contributed by atoms with Crippen LogP contribution in [0.2, 0.25) is 5.02 Å². The highest BCUT2D eigenvalue weighted by molar-refractivity contribution is 6.30. The first-order valence-corrected chi connectivity index (χ1v) is 9.91. The zero-order valence-electron chi connectivity index (χ0n) is 15.4. The van der Waals surface area contributed by atoms with Crippen LogP contribution in [0.15, 0.2) is 71.8 Å². The molecule has 0 spiro atoms. The normalized spacial score (nSPS) is 21.3.